The lowest BCUT2D eigenvalue weighted by molar-refractivity contribution is 0.405. The number of hydrogen-bond acceptors (Lipinski definition) is 3. The van der Waals surface area contributed by atoms with Gasteiger partial charge in [-0.3, -0.25) is 0 Å². The maximum Gasteiger partial charge on any atom is 0.180 e. The van der Waals surface area contributed by atoms with Crippen LogP contribution in [-0.4, -0.2) is 18.6 Å². The molecule has 1 rings (SSSR count). The van der Waals surface area contributed by atoms with E-state index in [1.165, 1.54) is 12.1 Å². The molecular weight excluding hydrogens is 129 g/mol. The molecule has 0 aliphatic carbocycles. The standard InChI is InChI=1S/C6H7NO2.B/c7-4-2-1-3-5(8)6(4)9;/h1-3,8-9H,7H2;. The highest BCUT2D eigenvalue weighted by molar-refractivity contribution is 5.75. The van der Waals surface area contributed by atoms with E-state index in [4.69, 9.17) is 15.9 Å². The first-order chi connectivity index (χ1) is 4.22. The maximum absolute atomic E-state index is 8.83. The summed E-state index contributed by atoms with van der Waals surface area (Å²) < 4.78 is 0. The average molecular weight is 136 g/mol. The monoisotopic (exact) mass is 136 g/mol. The zero-order chi connectivity index (χ0) is 6.85. The molecule has 0 aliphatic heterocycles. The molecule has 0 unspecified atom stereocenters. The van der Waals surface area contributed by atoms with Crippen LogP contribution in [0.4, 0.5) is 5.69 Å². The third-order valence-electron chi connectivity index (χ3n) is 1.05. The van der Waals surface area contributed by atoms with Gasteiger partial charge in [0.1, 0.15) is 0 Å². The summed E-state index contributed by atoms with van der Waals surface area (Å²) in [4.78, 5) is 0. The highest BCUT2D eigenvalue weighted by Crippen LogP contribution is 2.29. The molecule has 51 valence electrons. The van der Waals surface area contributed by atoms with E-state index >= 15 is 0 Å². The van der Waals surface area contributed by atoms with Gasteiger partial charge in [-0.05, 0) is 12.1 Å². The van der Waals surface area contributed by atoms with Gasteiger partial charge >= 0.3 is 0 Å². The molecule has 0 spiro atoms. The number of nitrogens with two attached hydrogens (primary N) is 1. The molecule has 0 atom stereocenters. The van der Waals surface area contributed by atoms with Crippen LogP contribution in [0, 0.1) is 0 Å². The van der Waals surface area contributed by atoms with E-state index in [9.17, 15) is 0 Å². The molecule has 4 N–H and O–H groups in total. The molecule has 0 saturated heterocycles. The molecule has 0 saturated carbocycles. The fraction of sp³-hybridized carbons (Fsp3) is 0. The molecule has 10 heavy (non-hydrogen) atoms. The summed E-state index contributed by atoms with van der Waals surface area (Å²) in [6.07, 6.45) is 0. The number of aromatic hydroxyl groups is 2. The van der Waals surface area contributed by atoms with Crippen molar-refractivity contribution in [2.75, 3.05) is 5.73 Å². The number of phenolic OH excluding ortho intramolecular Hbond substituents is 2. The van der Waals surface area contributed by atoms with Crippen LogP contribution >= 0.6 is 0 Å². The minimum atomic E-state index is -0.252. The Hall–Kier alpha value is -1.32. The lowest BCUT2D eigenvalue weighted by atomic mass is 10.3. The molecule has 3 radical (unpaired) electrons. The Morgan fingerprint density at radius 3 is 2.20 bits per heavy atom. The van der Waals surface area contributed by atoms with Gasteiger partial charge in [0.25, 0.3) is 0 Å². The SMILES string of the molecule is Nc1cccc(O)c1O.[B]. The molecule has 0 fully saturated rings. The third-order valence-corrected chi connectivity index (χ3v) is 1.05. The predicted octanol–water partition coefficient (Wildman–Crippen LogP) is 0.299. The van der Waals surface area contributed by atoms with Crippen molar-refractivity contribution in [3.63, 3.8) is 0 Å². The van der Waals surface area contributed by atoms with Crippen LogP contribution in [0.15, 0.2) is 18.2 Å². The minimum Gasteiger partial charge on any atom is -0.504 e. The lowest BCUT2D eigenvalue weighted by Gasteiger charge is -1.97. The van der Waals surface area contributed by atoms with Crippen LogP contribution in [0.25, 0.3) is 0 Å². The van der Waals surface area contributed by atoms with Crippen LogP contribution in [0.3, 0.4) is 0 Å². The van der Waals surface area contributed by atoms with Gasteiger partial charge in [-0.25, -0.2) is 0 Å². The highest BCUT2D eigenvalue weighted by Gasteiger charge is 1.98. The van der Waals surface area contributed by atoms with Gasteiger partial charge in [0, 0.05) is 8.41 Å². The maximum atomic E-state index is 8.83. The quantitative estimate of drug-likeness (QED) is 0.273. The molecule has 0 bridgehead atoms. The highest BCUT2D eigenvalue weighted by atomic mass is 16.3. The Morgan fingerprint density at radius 2 is 1.80 bits per heavy atom. The van der Waals surface area contributed by atoms with E-state index in [0.717, 1.165) is 0 Å². The Bertz CT molecular complexity index is 207. The summed E-state index contributed by atoms with van der Waals surface area (Å²) in [7, 11) is 0. The van der Waals surface area contributed by atoms with Crippen molar-refractivity contribution < 1.29 is 10.2 Å². The van der Waals surface area contributed by atoms with Gasteiger partial charge in [0.2, 0.25) is 0 Å². The molecular formula is C6H7BNO2. The summed E-state index contributed by atoms with van der Waals surface area (Å²) in [5, 5.41) is 17.6. The van der Waals surface area contributed by atoms with Crippen molar-refractivity contribution in [2.45, 2.75) is 0 Å². The zero-order valence-electron chi connectivity index (χ0n) is 5.28. The van der Waals surface area contributed by atoms with E-state index < -0.39 is 0 Å². The number of phenols is 2. The van der Waals surface area contributed by atoms with Crippen molar-refractivity contribution in [2.24, 2.45) is 0 Å². The summed E-state index contributed by atoms with van der Waals surface area (Å²) in [6.45, 7) is 0. The van der Waals surface area contributed by atoms with Crippen LogP contribution < -0.4 is 5.73 Å². The van der Waals surface area contributed by atoms with E-state index in [1.54, 1.807) is 6.07 Å². The van der Waals surface area contributed by atoms with Crippen molar-refractivity contribution >= 4 is 14.1 Å². The molecule has 1 aromatic carbocycles. The van der Waals surface area contributed by atoms with Crippen LogP contribution in [0.2, 0.25) is 0 Å². The predicted molar refractivity (Wildman–Crippen MR) is 39.9 cm³/mol. The van der Waals surface area contributed by atoms with Gasteiger partial charge < -0.3 is 15.9 Å². The summed E-state index contributed by atoms with van der Waals surface area (Å²) in [5.74, 6) is -0.437. The van der Waals surface area contributed by atoms with Crippen LogP contribution in [0.5, 0.6) is 11.5 Å². The molecule has 3 nitrogen and oxygen atoms in total. The number of para-hydroxylation sites is 1. The first-order valence-electron chi connectivity index (χ1n) is 2.48. The minimum absolute atomic E-state index is 0. The topological polar surface area (TPSA) is 66.5 Å². The number of nitrogen functional groups attached to an aromatic ring is 1. The fourth-order valence-corrected chi connectivity index (χ4v) is 0.549. The Kier molecular flexibility index (Phi) is 2.61. The van der Waals surface area contributed by atoms with E-state index in [2.05, 4.69) is 0 Å². The Morgan fingerprint density at radius 1 is 1.20 bits per heavy atom. The average Bonchev–Trinajstić information content (AvgIpc) is 1.83. The normalized spacial score (nSPS) is 8.40. The number of benzene rings is 1. The second kappa shape index (κ2) is 3.01. The molecule has 1 aromatic rings. The Labute approximate surface area is 60.7 Å². The summed E-state index contributed by atoms with van der Waals surface area (Å²) in [5.41, 5.74) is 5.40. The lowest BCUT2D eigenvalue weighted by Crippen LogP contribution is -1.83. The van der Waals surface area contributed by atoms with Gasteiger partial charge in [-0.15, -0.1) is 0 Å². The zero-order valence-corrected chi connectivity index (χ0v) is 5.28. The Balaban J connectivity index is 0.000000810. The smallest absolute Gasteiger partial charge is 0.180 e. The van der Waals surface area contributed by atoms with Gasteiger partial charge in [0.15, 0.2) is 11.5 Å². The van der Waals surface area contributed by atoms with E-state index in [1.807, 2.05) is 0 Å². The first-order valence-corrected chi connectivity index (χ1v) is 2.48. The van der Waals surface area contributed by atoms with E-state index in [0.29, 0.717) is 0 Å². The molecule has 0 aliphatic rings. The van der Waals surface area contributed by atoms with E-state index in [-0.39, 0.29) is 25.6 Å². The number of anilines is 1. The van der Waals surface area contributed by atoms with Crippen molar-refractivity contribution in [3.05, 3.63) is 18.2 Å². The van der Waals surface area contributed by atoms with Gasteiger partial charge in [0.05, 0.1) is 5.69 Å². The van der Waals surface area contributed by atoms with Gasteiger partial charge in [-0.1, -0.05) is 6.07 Å². The third kappa shape index (κ3) is 1.34. The summed E-state index contributed by atoms with van der Waals surface area (Å²) in [6, 6.07) is 4.44. The molecule has 0 heterocycles. The van der Waals surface area contributed by atoms with Crippen molar-refractivity contribution in [1.82, 2.24) is 0 Å². The van der Waals surface area contributed by atoms with Crippen molar-refractivity contribution in [3.8, 4) is 11.5 Å². The second-order valence-electron chi connectivity index (χ2n) is 1.71. The van der Waals surface area contributed by atoms with Crippen molar-refractivity contribution in [1.29, 1.82) is 0 Å². The van der Waals surface area contributed by atoms with Crippen LogP contribution in [0.1, 0.15) is 0 Å². The first kappa shape index (κ1) is 8.68. The number of rotatable bonds is 0. The fourth-order valence-electron chi connectivity index (χ4n) is 0.549. The molecule has 0 aromatic heterocycles. The molecule has 0 amide bonds. The summed E-state index contributed by atoms with van der Waals surface area (Å²) >= 11 is 0. The second-order valence-corrected chi connectivity index (χ2v) is 1.71. The number of hydrogen-bond donors (Lipinski definition) is 3. The molecule has 4 heteroatoms. The van der Waals surface area contributed by atoms with Crippen LogP contribution in [-0.2, 0) is 0 Å². The van der Waals surface area contributed by atoms with Gasteiger partial charge in [-0.2, -0.15) is 0 Å². The largest absolute Gasteiger partial charge is 0.504 e.